The van der Waals surface area contributed by atoms with E-state index in [1.807, 2.05) is 55.9 Å². The molecule has 4 rings (SSSR count). The number of hydrogen-bond donors (Lipinski definition) is 4. The number of hydrogen-bond acceptors (Lipinski definition) is 6. The third-order valence-electron chi connectivity index (χ3n) is 5.72. The van der Waals surface area contributed by atoms with E-state index >= 15 is 0 Å². The molecule has 3 unspecified atom stereocenters. The zero-order valence-corrected chi connectivity index (χ0v) is 16.9. The molecular weight excluding hydrogens is 370 g/mol. The molecular formula is C20H27N7O2. The van der Waals surface area contributed by atoms with Gasteiger partial charge in [0, 0.05) is 31.4 Å². The zero-order chi connectivity index (χ0) is 20.5. The summed E-state index contributed by atoms with van der Waals surface area (Å²) in [6.45, 7) is 5.41. The van der Waals surface area contributed by atoms with Gasteiger partial charge in [-0.1, -0.05) is 30.3 Å². The number of urea groups is 1. The molecule has 4 N–H and O–H groups in total. The fourth-order valence-electron chi connectivity index (χ4n) is 3.92. The molecule has 0 saturated carbocycles. The number of aromatic nitrogens is 2. The molecule has 154 valence electrons. The highest BCUT2D eigenvalue weighted by atomic mass is 16.2. The highest BCUT2D eigenvalue weighted by Crippen LogP contribution is 2.19. The first-order valence-electron chi connectivity index (χ1n) is 9.81. The van der Waals surface area contributed by atoms with Crippen molar-refractivity contribution >= 4 is 11.9 Å². The van der Waals surface area contributed by atoms with Gasteiger partial charge >= 0.3 is 6.03 Å². The maximum Gasteiger partial charge on any atom is 0.325 e. The maximum absolute atomic E-state index is 12.9. The summed E-state index contributed by atoms with van der Waals surface area (Å²) in [6, 6.07) is 9.16. The Kier molecular flexibility index (Phi) is 5.35. The molecule has 0 spiro atoms. The lowest BCUT2D eigenvalue weighted by atomic mass is 9.99. The minimum Gasteiger partial charge on any atom is -0.321 e. The first-order chi connectivity index (χ1) is 13.9. The van der Waals surface area contributed by atoms with Crippen molar-refractivity contribution in [3.8, 4) is 0 Å². The summed E-state index contributed by atoms with van der Waals surface area (Å²) in [5.41, 5.74) is 4.18. The van der Waals surface area contributed by atoms with Gasteiger partial charge in [-0.15, -0.1) is 0 Å². The molecule has 9 heteroatoms. The van der Waals surface area contributed by atoms with Crippen molar-refractivity contribution in [1.29, 1.82) is 0 Å². The van der Waals surface area contributed by atoms with E-state index in [4.69, 9.17) is 0 Å². The molecule has 2 fully saturated rings. The number of amides is 3. The summed E-state index contributed by atoms with van der Waals surface area (Å²) >= 11 is 0. The van der Waals surface area contributed by atoms with Crippen molar-refractivity contribution in [2.45, 2.75) is 39.4 Å². The van der Waals surface area contributed by atoms with Crippen molar-refractivity contribution in [2.24, 2.45) is 13.0 Å². The van der Waals surface area contributed by atoms with Gasteiger partial charge in [0.2, 0.25) is 5.91 Å². The lowest BCUT2D eigenvalue weighted by Crippen LogP contribution is -2.74. The fraction of sp³-hybridized carbons (Fsp3) is 0.450. The topological polar surface area (TPSA) is 103 Å². The van der Waals surface area contributed by atoms with Gasteiger partial charge in [-0.2, -0.15) is 5.10 Å². The van der Waals surface area contributed by atoms with Gasteiger partial charge in [0.15, 0.2) is 0 Å². The quantitative estimate of drug-likeness (QED) is 0.579. The smallest absolute Gasteiger partial charge is 0.321 e. The normalized spacial score (nSPS) is 24.4. The Bertz CT molecular complexity index is 911. The van der Waals surface area contributed by atoms with E-state index in [0.29, 0.717) is 13.1 Å². The standard InChI is InChI=1S/C20H27N7O2/c1-12-15(13(2)26(3)25-12)9-21-19-22-10-16-17(23-19)24-20(29)27(18(16)28)11-14-7-5-4-6-8-14/h4-8,16-17,19,21-23H,9-11H2,1-3H3,(H,24,29). The van der Waals surface area contributed by atoms with Crippen molar-refractivity contribution in [3.63, 3.8) is 0 Å². The van der Waals surface area contributed by atoms with Crippen LogP contribution in [0.3, 0.4) is 0 Å². The second-order valence-electron chi connectivity index (χ2n) is 7.61. The van der Waals surface area contributed by atoms with Gasteiger partial charge in [-0.05, 0) is 19.4 Å². The van der Waals surface area contributed by atoms with E-state index in [9.17, 15) is 9.59 Å². The third-order valence-corrected chi connectivity index (χ3v) is 5.72. The van der Waals surface area contributed by atoms with Crippen LogP contribution in [-0.2, 0) is 24.9 Å². The second-order valence-corrected chi connectivity index (χ2v) is 7.61. The first kappa shape index (κ1) is 19.6. The predicted molar refractivity (Wildman–Crippen MR) is 107 cm³/mol. The lowest BCUT2D eigenvalue weighted by molar-refractivity contribution is -0.137. The van der Waals surface area contributed by atoms with Gasteiger partial charge in [-0.3, -0.25) is 30.3 Å². The van der Waals surface area contributed by atoms with Crippen LogP contribution in [0.15, 0.2) is 30.3 Å². The minimum absolute atomic E-state index is 0.167. The molecule has 1 aromatic carbocycles. The molecule has 2 aromatic rings. The molecule has 2 saturated heterocycles. The summed E-state index contributed by atoms with van der Waals surface area (Å²) in [7, 11) is 1.93. The van der Waals surface area contributed by atoms with E-state index in [1.165, 1.54) is 4.90 Å². The summed E-state index contributed by atoms with van der Waals surface area (Å²) in [5.74, 6) is -0.517. The van der Waals surface area contributed by atoms with E-state index in [1.54, 1.807) is 0 Å². The number of benzene rings is 1. The zero-order valence-electron chi connectivity index (χ0n) is 16.9. The summed E-state index contributed by atoms with van der Waals surface area (Å²) in [6.07, 6.45) is -0.624. The Labute approximate surface area is 169 Å². The van der Waals surface area contributed by atoms with Gasteiger partial charge in [-0.25, -0.2) is 4.79 Å². The van der Waals surface area contributed by atoms with Crippen molar-refractivity contribution in [3.05, 3.63) is 52.8 Å². The first-order valence-corrected chi connectivity index (χ1v) is 9.81. The maximum atomic E-state index is 12.9. The Hall–Kier alpha value is -2.75. The molecule has 1 aromatic heterocycles. The van der Waals surface area contributed by atoms with E-state index in [-0.39, 0.29) is 30.7 Å². The van der Waals surface area contributed by atoms with E-state index < -0.39 is 6.17 Å². The predicted octanol–water partition coefficient (Wildman–Crippen LogP) is 0.297. The van der Waals surface area contributed by atoms with E-state index in [2.05, 4.69) is 26.4 Å². The van der Waals surface area contributed by atoms with Crippen LogP contribution < -0.4 is 21.3 Å². The largest absolute Gasteiger partial charge is 0.325 e. The molecule has 0 aliphatic carbocycles. The van der Waals surface area contributed by atoms with Crippen molar-refractivity contribution in [1.82, 2.24) is 35.9 Å². The number of carbonyl (C=O) groups is 2. The molecule has 3 heterocycles. The van der Waals surface area contributed by atoms with Crippen molar-refractivity contribution in [2.75, 3.05) is 6.54 Å². The molecule has 3 atom stereocenters. The summed E-state index contributed by atoms with van der Waals surface area (Å²) in [5, 5.41) is 17.4. The highest BCUT2D eigenvalue weighted by Gasteiger charge is 2.43. The molecule has 2 aliphatic heterocycles. The third kappa shape index (κ3) is 3.89. The summed E-state index contributed by atoms with van der Waals surface area (Å²) in [4.78, 5) is 26.7. The van der Waals surface area contributed by atoms with Crippen LogP contribution in [-0.4, -0.2) is 45.6 Å². The molecule has 0 radical (unpaired) electrons. The average molecular weight is 397 g/mol. The SMILES string of the molecule is Cc1nn(C)c(C)c1CNC1NCC2C(=O)N(Cc3ccccc3)C(=O)NC2N1. The number of carbonyl (C=O) groups excluding carboxylic acids is 2. The van der Waals surface area contributed by atoms with Gasteiger partial charge in [0.05, 0.1) is 24.3 Å². The Balaban J connectivity index is 1.37. The number of nitrogens with one attached hydrogen (secondary N) is 4. The monoisotopic (exact) mass is 397 g/mol. The minimum atomic E-state index is -0.406. The Morgan fingerprint density at radius 3 is 2.66 bits per heavy atom. The van der Waals surface area contributed by atoms with Crippen LogP contribution in [0.1, 0.15) is 22.5 Å². The number of fused-ring (bicyclic) bond motifs is 1. The van der Waals surface area contributed by atoms with Crippen molar-refractivity contribution < 1.29 is 9.59 Å². The lowest BCUT2D eigenvalue weighted by Gasteiger charge is -2.43. The van der Waals surface area contributed by atoms with Gasteiger partial charge < -0.3 is 5.32 Å². The number of imide groups is 1. The van der Waals surface area contributed by atoms with Crippen LogP contribution in [0.25, 0.3) is 0 Å². The molecule has 2 aliphatic rings. The highest BCUT2D eigenvalue weighted by molar-refractivity contribution is 5.98. The fourth-order valence-corrected chi connectivity index (χ4v) is 3.92. The Morgan fingerprint density at radius 1 is 1.21 bits per heavy atom. The number of nitrogens with zero attached hydrogens (tertiary/aromatic N) is 3. The van der Waals surface area contributed by atoms with Crippen LogP contribution >= 0.6 is 0 Å². The number of aryl methyl sites for hydroxylation is 2. The molecule has 29 heavy (non-hydrogen) atoms. The average Bonchev–Trinajstić information content (AvgIpc) is 2.95. The van der Waals surface area contributed by atoms with Gasteiger partial charge in [0.25, 0.3) is 0 Å². The van der Waals surface area contributed by atoms with Crippen LogP contribution in [0, 0.1) is 19.8 Å². The van der Waals surface area contributed by atoms with Crippen LogP contribution in [0.5, 0.6) is 0 Å². The van der Waals surface area contributed by atoms with E-state index in [0.717, 1.165) is 22.5 Å². The second kappa shape index (κ2) is 7.94. The van der Waals surface area contributed by atoms with Gasteiger partial charge in [0.1, 0.15) is 6.29 Å². The van der Waals surface area contributed by atoms with Crippen LogP contribution in [0.4, 0.5) is 4.79 Å². The molecule has 3 amide bonds. The number of rotatable bonds is 5. The Morgan fingerprint density at radius 2 is 1.97 bits per heavy atom. The summed E-state index contributed by atoms with van der Waals surface area (Å²) < 4.78 is 1.87. The molecule has 0 bridgehead atoms. The van der Waals surface area contributed by atoms with Crippen LogP contribution in [0.2, 0.25) is 0 Å². The molecule has 9 nitrogen and oxygen atoms in total.